The lowest BCUT2D eigenvalue weighted by molar-refractivity contribution is 0.0623. The molecule has 1 aliphatic heterocycles. The molecule has 0 spiro atoms. The monoisotopic (exact) mass is 376 g/mol. The maximum absolute atomic E-state index is 12.6. The van der Waals surface area contributed by atoms with Crippen molar-refractivity contribution in [2.45, 2.75) is 30.2 Å². The number of amides is 1. The molecule has 136 valence electrons. The highest BCUT2D eigenvalue weighted by Gasteiger charge is 2.26. The molecule has 0 saturated carbocycles. The Hall–Kier alpha value is -1.15. The van der Waals surface area contributed by atoms with E-state index < -0.39 is 9.84 Å². The molecular weight excluding hydrogens is 352 g/mol. The molecule has 1 atom stereocenters. The summed E-state index contributed by atoms with van der Waals surface area (Å²) >= 11 is 0. The first-order valence-electron chi connectivity index (χ1n) is 7.82. The minimum atomic E-state index is -3.38. The fourth-order valence-corrected chi connectivity index (χ4v) is 3.97. The van der Waals surface area contributed by atoms with Crippen molar-refractivity contribution < 1.29 is 17.9 Å². The second-order valence-corrected chi connectivity index (χ2v) is 7.83. The fraction of sp³-hybridized carbons (Fsp3) is 0.562. The first-order chi connectivity index (χ1) is 11.0. The SMILES string of the molecule is COCCS(=O)(=O)c1ccc(C(=O)N2CCCCC2CN)cc1.Cl. The summed E-state index contributed by atoms with van der Waals surface area (Å²) in [6.07, 6.45) is 2.99. The van der Waals surface area contributed by atoms with E-state index in [0.29, 0.717) is 18.7 Å². The van der Waals surface area contributed by atoms with Crippen LogP contribution in [0.3, 0.4) is 0 Å². The van der Waals surface area contributed by atoms with Crippen molar-refractivity contribution in [1.82, 2.24) is 4.90 Å². The zero-order valence-corrected chi connectivity index (χ0v) is 15.4. The van der Waals surface area contributed by atoms with E-state index in [-0.39, 0.29) is 41.6 Å². The van der Waals surface area contributed by atoms with Crippen LogP contribution in [0, 0.1) is 0 Å². The van der Waals surface area contributed by atoms with Crippen molar-refractivity contribution in [2.75, 3.05) is 32.6 Å². The number of carbonyl (C=O) groups is 1. The normalized spacial score (nSPS) is 18.1. The first kappa shape index (κ1) is 20.9. The Kier molecular flexibility index (Phi) is 8.15. The predicted molar refractivity (Wildman–Crippen MR) is 95.3 cm³/mol. The molecule has 0 bridgehead atoms. The fourth-order valence-electron chi connectivity index (χ4n) is 2.79. The zero-order valence-electron chi connectivity index (χ0n) is 13.8. The third-order valence-electron chi connectivity index (χ3n) is 4.18. The van der Waals surface area contributed by atoms with Gasteiger partial charge in [-0.05, 0) is 43.5 Å². The van der Waals surface area contributed by atoms with Crippen molar-refractivity contribution in [3.63, 3.8) is 0 Å². The third kappa shape index (κ3) is 4.92. The van der Waals surface area contributed by atoms with Crippen LogP contribution in [-0.2, 0) is 14.6 Å². The summed E-state index contributed by atoms with van der Waals surface area (Å²) in [6, 6.07) is 6.19. The lowest BCUT2D eigenvalue weighted by Gasteiger charge is -2.35. The number of hydrogen-bond donors (Lipinski definition) is 1. The number of rotatable bonds is 6. The van der Waals surface area contributed by atoms with Gasteiger partial charge in [-0.2, -0.15) is 0 Å². The molecular formula is C16H25ClN2O4S. The summed E-state index contributed by atoms with van der Waals surface area (Å²) in [5.74, 6) is -0.154. The van der Waals surface area contributed by atoms with Crippen molar-refractivity contribution in [3.8, 4) is 0 Å². The van der Waals surface area contributed by atoms with E-state index >= 15 is 0 Å². The summed E-state index contributed by atoms with van der Waals surface area (Å²) in [7, 11) is -1.91. The molecule has 1 unspecified atom stereocenters. The lowest BCUT2D eigenvalue weighted by atomic mass is 10.0. The Morgan fingerprint density at radius 2 is 1.96 bits per heavy atom. The van der Waals surface area contributed by atoms with E-state index in [0.717, 1.165) is 19.3 Å². The van der Waals surface area contributed by atoms with E-state index in [1.54, 1.807) is 17.0 Å². The molecule has 2 N–H and O–H groups in total. The van der Waals surface area contributed by atoms with Crippen LogP contribution < -0.4 is 5.73 Å². The van der Waals surface area contributed by atoms with Crippen LogP contribution in [-0.4, -0.2) is 57.8 Å². The average molecular weight is 377 g/mol. The Morgan fingerprint density at radius 1 is 1.29 bits per heavy atom. The van der Waals surface area contributed by atoms with E-state index in [1.165, 1.54) is 19.2 Å². The molecule has 1 amide bonds. The van der Waals surface area contributed by atoms with Gasteiger partial charge in [-0.3, -0.25) is 4.79 Å². The zero-order chi connectivity index (χ0) is 16.9. The molecule has 1 aromatic rings. The topological polar surface area (TPSA) is 89.7 Å². The van der Waals surface area contributed by atoms with Gasteiger partial charge in [-0.25, -0.2) is 8.42 Å². The molecule has 6 nitrogen and oxygen atoms in total. The quantitative estimate of drug-likeness (QED) is 0.812. The van der Waals surface area contributed by atoms with Crippen LogP contribution in [0.5, 0.6) is 0 Å². The second-order valence-electron chi connectivity index (χ2n) is 5.72. The molecule has 24 heavy (non-hydrogen) atoms. The Labute approximate surface area is 149 Å². The minimum Gasteiger partial charge on any atom is -0.384 e. The molecule has 2 rings (SSSR count). The molecule has 0 aliphatic carbocycles. The van der Waals surface area contributed by atoms with Crippen LogP contribution in [0.1, 0.15) is 29.6 Å². The molecule has 0 radical (unpaired) electrons. The molecule has 1 aromatic carbocycles. The summed E-state index contributed by atoms with van der Waals surface area (Å²) < 4.78 is 29.0. The van der Waals surface area contributed by atoms with Gasteiger partial charge in [0.25, 0.3) is 5.91 Å². The summed E-state index contributed by atoms with van der Waals surface area (Å²) in [5.41, 5.74) is 6.25. The Balaban J connectivity index is 0.00000288. The van der Waals surface area contributed by atoms with Crippen LogP contribution >= 0.6 is 12.4 Å². The second kappa shape index (κ2) is 9.36. The highest BCUT2D eigenvalue weighted by atomic mass is 35.5. The van der Waals surface area contributed by atoms with Crippen molar-refractivity contribution >= 4 is 28.2 Å². The van der Waals surface area contributed by atoms with E-state index in [2.05, 4.69) is 0 Å². The molecule has 1 heterocycles. The van der Waals surface area contributed by atoms with Gasteiger partial charge in [0.05, 0.1) is 17.3 Å². The van der Waals surface area contributed by atoms with Gasteiger partial charge in [0.1, 0.15) is 0 Å². The number of benzene rings is 1. The molecule has 8 heteroatoms. The summed E-state index contributed by atoms with van der Waals surface area (Å²) in [5, 5.41) is 0. The maximum Gasteiger partial charge on any atom is 0.254 e. The summed E-state index contributed by atoms with van der Waals surface area (Å²) in [4.78, 5) is 14.6. The van der Waals surface area contributed by atoms with Gasteiger partial charge < -0.3 is 15.4 Å². The molecule has 1 saturated heterocycles. The lowest BCUT2D eigenvalue weighted by Crippen LogP contribution is -2.47. The number of nitrogens with two attached hydrogens (primary N) is 1. The number of likely N-dealkylation sites (tertiary alicyclic amines) is 1. The number of carbonyl (C=O) groups excluding carboxylic acids is 1. The number of halogens is 1. The highest BCUT2D eigenvalue weighted by Crippen LogP contribution is 2.20. The number of nitrogens with zero attached hydrogens (tertiary/aromatic N) is 1. The maximum atomic E-state index is 12.6. The number of hydrogen-bond acceptors (Lipinski definition) is 5. The van der Waals surface area contributed by atoms with Gasteiger partial charge >= 0.3 is 0 Å². The first-order valence-corrected chi connectivity index (χ1v) is 9.47. The average Bonchev–Trinajstić information content (AvgIpc) is 2.59. The minimum absolute atomic E-state index is 0. The largest absolute Gasteiger partial charge is 0.384 e. The number of piperidine rings is 1. The van der Waals surface area contributed by atoms with Crippen molar-refractivity contribution in [3.05, 3.63) is 29.8 Å². The van der Waals surface area contributed by atoms with Crippen LogP contribution in [0.15, 0.2) is 29.2 Å². The highest BCUT2D eigenvalue weighted by molar-refractivity contribution is 7.91. The molecule has 1 aliphatic rings. The Bertz CT molecular complexity index is 634. The van der Waals surface area contributed by atoms with Gasteiger partial charge in [-0.1, -0.05) is 0 Å². The van der Waals surface area contributed by atoms with Gasteiger partial charge in [0.2, 0.25) is 0 Å². The van der Waals surface area contributed by atoms with Crippen LogP contribution in [0.4, 0.5) is 0 Å². The number of sulfone groups is 1. The van der Waals surface area contributed by atoms with Crippen LogP contribution in [0.25, 0.3) is 0 Å². The van der Waals surface area contributed by atoms with Crippen molar-refractivity contribution in [2.24, 2.45) is 5.73 Å². The standard InChI is InChI=1S/C16H24N2O4S.ClH/c1-22-10-11-23(20,21)15-7-5-13(6-8-15)16(19)18-9-3-2-4-14(18)12-17;/h5-8,14H,2-4,9-12,17H2,1H3;1H. The van der Waals surface area contributed by atoms with Gasteiger partial charge in [0, 0.05) is 31.8 Å². The van der Waals surface area contributed by atoms with Crippen molar-refractivity contribution in [1.29, 1.82) is 0 Å². The van der Waals surface area contributed by atoms with E-state index in [9.17, 15) is 13.2 Å². The number of methoxy groups -OCH3 is 1. The Morgan fingerprint density at radius 3 is 2.54 bits per heavy atom. The van der Waals surface area contributed by atoms with E-state index in [4.69, 9.17) is 10.5 Å². The van der Waals surface area contributed by atoms with Gasteiger partial charge in [-0.15, -0.1) is 12.4 Å². The number of ether oxygens (including phenoxy) is 1. The summed E-state index contributed by atoms with van der Waals surface area (Å²) in [6.45, 7) is 1.30. The predicted octanol–water partition coefficient (Wildman–Crippen LogP) is 1.48. The van der Waals surface area contributed by atoms with E-state index in [1.807, 2.05) is 0 Å². The smallest absolute Gasteiger partial charge is 0.254 e. The molecule has 1 fully saturated rings. The molecule has 0 aromatic heterocycles. The van der Waals surface area contributed by atoms with Crippen LogP contribution in [0.2, 0.25) is 0 Å². The third-order valence-corrected chi connectivity index (χ3v) is 5.87. The van der Waals surface area contributed by atoms with Gasteiger partial charge in [0.15, 0.2) is 9.84 Å².